The van der Waals surface area contributed by atoms with Gasteiger partial charge in [0.25, 0.3) is 0 Å². The minimum absolute atomic E-state index is 0.221. The molecule has 1 aliphatic rings. The number of aliphatic imine (C=N–C) groups is 1. The van der Waals surface area contributed by atoms with E-state index in [1.165, 1.54) is 12.7 Å². The van der Waals surface area contributed by atoms with Gasteiger partial charge in [0.2, 0.25) is 5.91 Å². The summed E-state index contributed by atoms with van der Waals surface area (Å²) in [5, 5.41) is 10.4. The summed E-state index contributed by atoms with van der Waals surface area (Å²) >= 11 is 0. The minimum Gasteiger partial charge on any atom is -0.357 e. The summed E-state index contributed by atoms with van der Waals surface area (Å²) in [5.74, 6) is 1.71. The number of guanidine groups is 1. The van der Waals surface area contributed by atoms with Crippen molar-refractivity contribution in [2.75, 3.05) is 19.6 Å². The summed E-state index contributed by atoms with van der Waals surface area (Å²) in [7, 11) is 1.84. The highest BCUT2D eigenvalue weighted by Crippen LogP contribution is 2.16. The number of nitrogens with one attached hydrogen (secondary N) is 2. The van der Waals surface area contributed by atoms with Crippen molar-refractivity contribution in [2.45, 2.75) is 52.1 Å². The molecule has 8 nitrogen and oxygen atoms in total. The first kappa shape index (κ1) is 18.2. The molecular formula is C16H29N7O. The van der Waals surface area contributed by atoms with Gasteiger partial charge in [0, 0.05) is 39.1 Å². The standard InChI is InChI=1S/C16H29N7O/c1-4-17-16(19-11-14-20-12-21-22(14)3)18-9-8-15(24)23-10-6-5-7-13(23)2/h12-13H,4-11H2,1-3H3,(H2,17,18,19). The fraction of sp³-hybridized carbons (Fsp3) is 0.750. The number of nitrogens with zero attached hydrogens (tertiary/aromatic N) is 5. The predicted molar refractivity (Wildman–Crippen MR) is 93.5 cm³/mol. The van der Waals surface area contributed by atoms with Crippen LogP contribution in [-0.4, -0.2) is 57.2 Å². The van der Waals surface area contributed by atoms with Crippen molar-refractivity contribution in [3.8, 4) is 0 Å². The molecule has 1 amide bonds. The lowest BCUT2D eigenvalue weighted by Gasteiger charge is -2.33. The van der Waals surface area contributed by atoms with Crippen LogP contribution >= 0.6 is 0 Å². The molecule has 8 heteroatoms. The lowest BCUT2D eigenvalue weighted by atomic mass is 10.0. The lowest BCUT2D eigenvalue weighted by Crippen LogP contribution is -2.44. The van der Waals surface area contributed by atoms with Crippen LogP contribution in [-0.2, 0) is 18.4 Å². The Hall–Kier alpha value is -2.12. The Morgan fingerprint density at radius 1 is 1.42 bits per heavy atom. The molecule has 2 heterocycles. The van der Waals surface area contributed by atoms with E-state index in [4.69, 9.17) is 0 Å². The number of amides is 1. The van der Waals surface area contributed by atoms with Crippen LogP contribution in [0.1, 0.15) is 45.4 Å². The van der Waals surface area contributed by atoms with Gasteiger partial charge in [0.15, 0.2) is 5.96 Å². The normalized spacial score (nSPS) is 18.5. The number of carbonyl (C=O) groups excluding carboxylic acids is 1. The van der Waals surface area contributed by atoms with E-state index in [1.807, 2.05) is 18.9 Å². The average molecular weight is 335 g/mol. The minimum atomic E-state index is 0.221. The van der Waals surface area contributed by atoms with E-state index in [1.54, 1.807) is 4.68 Å². The maximum atomic E-state index is 12.3. The zero-order chi connectivity index (χ0) is 17.4. The van der Waals surface area contributed by atoms with Crippen molar-refractivity contribution >= 4 is 11.9 Å². The number of carbonyl (C=O) groups is 1. The largest absolute Gasteiger partial charge is 0.357 e. The summed E-state index contributed by atoms with van der Waals surface area (Å²) in [4.78, 5) is 23.0. The summed E-state index contributed by atoms with van der Waals surface area (Å²) < 4.78 is 1.70. The maximum absolute atomic E-state index is 12.3. The average Bonchev–Trinajstić information content (AvgIpc) is 2.98. The van der Waals surface area contributed by atoms with Crippen LogP contribution in [0.3, 0.4) is 0 Å². The Bertz CT molecular complexity index is 554. The van der Waals surface area contributed by atoms with Crippen LogP contribution in [0, 0.1) is 0 Å². The van der Waals surface area contributed by atoms with Gasteiger partial charge in [-0.25, -0.2) is 9.98 Å². The van der Waals surface area contributed by atoms with Crippen LogP contribution in [0.4, 0.5) is 0 Å². The molecule has 0 bridgehead atoms. The molecule has 2 rings (SSSR count). The Morgan fingerprint density at radius 3 is 2.92 bits per heavy atom. The summed E-state index contributed by atoms with van der Waals surface area (Å²) in [6.45, 7) is 6.83. The van der Waals surface area contributed by atoms with Gasteiger partial charge < -0.3 is 15.5 Å². The van der Waals surface area contributed by atoms with E-state index in [2.05, 4.69) is 32.6 Å². The van der Waals surface area contributed by atoms with E-state index >= 15 is 0 Å². The maximum Gasteiger partial charge on any atom is 0.224 e. The van der Waals surface area contributed by atoms with Crippen molar-refractivity contribution < 1.29 is 4.79 Å². The number of piperidine rings is 1. The molecule has 2 N–H and O–H groups in total. The summed E-state index contributed by atoms with van der Waals surface area (Å²) in [6, 6.07) is 0.365. The van der Waals surface area contributed by atoms with Crippen molar-refractivity contribution in [3.63, 3.8) is 0 Å². The summed E-state index contributed by atoms with van der Waals surface area (Å²) in [5.41, 5.74) is 0. The first-order chi connectivity index (χ1) is 11.6. The number of rotatable bonds is 6. The van der Waals surface area contributed by atoms with Gasteiger partial charge >= 0.3 is 0 Å². The third-order valence-corrected chi connectivity index (χ3v) is 4.28. The third-order valence-electron chi connectivity index (χ3n) is 4.28. The second-order valence-electron chi connectivity index (χ2n) is 6.10. The van der Waals surface area contributed by atoms with E-state index < -0.39 is 0 Å². The summed E-state index contributed by atoms with van der Waals surface area (Å²) in [6.07, 6.45) is 5.46. The smallest absolute Gasteiger partial charge is 0.224 e. The molecule has 0 aliphatic carbocycles. The Kier molecular flexibility index (Phi) is 7.02. The second kappa shape index (κ2) is 9.24. The van der Waals surface area contributed by atoms with Gasteiger partial charge in [0.1, 0.15) is 18.7 Å². The first-order valence-corrected chi connectivity index (χ1v) is 8.76. The molecule has 1 aromatic heterocycles. The van der Waals surface area contributed by atoms with Crippen molar-refractivity contribution in [3.05, 3.63) is 12.2 Å². The predicted octanol–water partition coefficient (Wildman–Crippen LogP) is 0.661. The number of hydrogen-bond donors (Lipinski definition) is 2. The molecule has 1 fully saturated rings. The van der Waals surface area contributed by atoms with Gasteiger partial charge in [-0.15, -0.1) is 0 Å². The molecule has 1 unspecified atom stereocenters. The van der Waals surface area contributed by atoms with Gasteiger partial charge in [-0.2, -0.15) is 5.10 Å². The molecule has 134 valence electrons. The van der Waals surface area contributed by atoms with Crippen LogP contribution in [0.15, 0.2) is 11.3 Å². The number of hydrogen-bond acceptors (Lipinski definition) is 4. The molecular weight excluding hydrogens is 306 g/mol. The van der Waals surface area contributed by atoms with Gasteiger partial charge in [-0.3, -0.25) is 9.48 Å². The number of aromatic nitrogens is 3. The fourth-order valence-corrected chi connectivity index (χ4v) is 2.85. The van der Waals surface area contributed by atoms with Crippen LogP contribution < -0.4 is 10.6 Å². The molecule has 0 saturated carbocycles. The Morgan fingerprint density at radius 2 is 2.25 bits per heavy atom. The molecule has 1 atom stereocenters. The van der Waals surface area contributed by atoms with E-state index in [9.17, 15) is 4.79 Å². The first-order valence-electron chi connectivity index (χ1n) is 8.76. The molecule has 0 spiro atoms. The van der Waals surface area contributed by atoms with Gasteiger partial charge in [-0.05, 0) is 33.1 Å². The number of likely N-dealkylation sites (tertiary alicyclic amines) is 1. The second-order valence-corrected chi connectivity index (χ2v) is 6.10. The fourth-order valence-electron chi connectivity index (χ4n) is 2.85. The zero-order valence-electron chi connectivity index (χ0n) is 15.0. The topological polar surface area (TPSA) is 87.4 Å². The molecule has 1 aliphatic heterocycles. The van der Waals surface area contributed by atoms with Crippen molar-refractivity contribution in [2.24, 2.45) is 12.0 Å². The van der Waals surface area contributed by atoms with Crippen LogP contribution in [0.25, 0.3) is 0 Å². The van der Waals surface area contributed by atoms with Gasteiger partial charge in [0.05, 0.1) is 0 Å². The molecule has 0 radical (unpaired) electrons. The van der Waals surface area contributed by atoms with E-state index in [0.29, 0.717) is 31.5 Å². The zero-order valence-corrected chi connectivity index (χ0v) is 15.0. The quantitative estimate of drug-likeness (QED) is 0.589. The highest BCUT2D eigenvalue weighted by atomic mass is 16.2. The van der Waals surface area contributed by atoms with Crippen molar-refractivity contribution in [1.29, 1.82) is 0 Å². The third kappa shape index (κ3) is 5.21. The van der Waals surface area contributed by atoms with Crippen molar-refractivity contribution in [1.82, 2.24) is 30.3 Å². The van der Waals surface area contributed by atoms with Crippen LogP contribution in [0.2, 0.25) is 0 Å². The molecule has 1 aromatic rings. The molecule has 0 aromatic carbocycles. The monoisotopic (exact) mass is 335 g/mol. The highest BCUT2D eigenvalue weighted by Gasteiger charge is 2.22. The van der Waals surface area contributed by atoms with Gasteiger partial charge in [-0.1, -0.05) is 0 Å². The SMILES string of the molecule is CCNC(=NCc1ncnn1C)NCCC(=O)N1CCCCC1C. The molecule has 1 saturated heterocycles. The molecule has 24 heavy (non-hydrogen) atoms. The van der Waals surface area contributed by atoms with E-state index in [-0.39, 0.29) is 5.91 Å². The number of aryl methyl sites for hydroxylation is 1. The highest BCUT2D eigenvalue weighted by molar-refractivity contribution is 5.81. The Balaban J connectivity index is 1.80. The Labute approximate surface area is 143 Å². The van der Waals surface area contributed by atoms with E-state index in [0.717, 1.165) is 31.8 Å². The van der Waals surface area contributed by atoms with Crippen LogP contribution in [0.5, 0.6) is 0 Å². The lowest BCUT2D eigenvalue weighted by molar-refractivity contribution is -0.134.